The Labute approximate surface area is 124 Å². The molecule has 0 spiro atoms. The molecular weight excluding hydrogens is 269 g/mol. The molecular formula is C17H20FNS. The first kappa shape index (κ1) is 15.1. The van der Waals surface area contributed by atoms with Crippen molar-refractivity contribution >= 4 is 11.8 Å². The maximum atomic E-state index is 13.9. The molecule has 0 aliphatic carbocycles. The Kier molecular flexibility index (Phi) is 5.21. The zero-order chi connectivity index (χ0) is 14.5. The Bertz CT molecular complexity index is 570. The van der Waals surface area contributed by atoms with Crippen LogP contribution in [0.3, 0.4) is 0 Å². The van der Waals surface area contributed by atoms with Gasteiger partial charge in [0.05, 0.1) is 0 Å². The van der Waals surface area contributed by atoms with Crippen molar-refractivity contribution < 1.29 is 4.39 Å². The maximum Gasteiger partial charge on any atom is 0.136 e. The highest BCUT2D eigenvalue weighted by Gasteiger charge is 2.21. The summed E-state index contributed by atoms with van der Waals surface area (Å²) >= 11 is 1.51. The lowest BCUT2D eigenvalue weighted by Crippen LogP contribution is -2.25. The highest BCUT2D eigenvalue weighted by molar-refractivity contribution is 7.99. The number of hydrogen-bond donors (Lipinski definition) is 1. The van der Waals surface area contributed by atoms with E-state index in [-0.39, 0.29) is 17.1 Å². The minimum absolute atomic E-state index is 0.00130. The molecule has 0 heterocycles. The number of rotatable bonds is 5. The van der Waals surface area contributed by atoms with Crippen molar-refractivity contribution in [1.29, 1.82) is 0 Å². The van der Waals surface area contributed by atoms with Gasteiger partial charge in [0.15, 0.2) is 0 Å². The molecule has 0 radical (unpaired) electrons. The molecule has 0 fully saturated rings. The Balaban J connectivity index is 2.31. The van der Waals surface area contributed by atoms with Crippen molar-refractivity contribution in [1.82, 2.24) is 0 Å². The van der Waals surface area contributed by atoms with Crippen LogP contribution >= 0.6 is 11.8 Å². The molecule has 106 valence electrons. The van der Waals surface area contributed by atoms with E-state index in [0.717, 1.165) is 12.0 Å². The second-order valence-corrected chi connectivity index (χ2v) is 6.14. The van der Waals surface area contributed by atoms with Gasteiger partial charge in [-0.1, -0.05) is 48.9 Å². The molecule has 0 aliphatic rings. The van der Waals surface area contributed by atoms with Gasteiger partial charge in [-0.25, -0.2) is 4.39 Å². The van der Waals surface area contributed by atoms with Crippen LogP contribution in [0.1, 0.15) is 29.7 Å². The zero-order valence-corrected chi connectivity index (χ0v) is 12.7. The van der Waals surface area contributed by atoms with Crippen molar-refractivity contribution in [2.24, 2.45) is 5.73 Å². The SMILES string of the molecule is CCC(N)C(Sc1ccccc1F)c1cccc(C)c1. The second kappa shape index (κ2) is 6.91. The highest BCUT2D eigenvalue weighted by Crippen LogP contribution is 2.39. The predicted molar refractivity (Wildman–Crippen MR) is 84.4 cm³/mol. The highest BCUT2D eigenvalue weighted by atomic mass is 32.2. The average Bonchev–Trinajstić information content (AvgIpc) is 2.45. The molecule has 0 bridgehead atoms. The molecule has 1 nitrogen and oxygen atoms in total. The third kappa shape index (κ3) is 3.62. The molecule has 2 unspecified atom stereocenters. The summed E-state index contributed by atoms with van der Waals surface area (Å²) in [7, 11) is 0. The van der Waals surface area contributed by atoms with Gasteiger partial charge in [-0.2, -0.15) is 0 Å². The molecule has 2 aromatic carbocycles. The quantitative estimate of drug-likeness (QED) is 0.807. The molecule has 0 saturated heterocycles. The number of halogens is 1. The summed E-state index contributed by atoms with van der Waals surface area (Å²) < 4.78 is 13.9. The van der Waals surface area contributed by atoms with E-state index >= 15 is 0 Å². The van der Waals surface area contributed by atoms with Gasteiger partial charge in [-0.05, 0) is 31.0 Å². The van der Waals surface area contributed by atoms with Gasteiger partial charge >= 0.3 is 0 Å². The number of thioether (sulfide) groups is 1. The van der Waals surface area contributed by atoms with Crippen LogP contribution in [0.4, 0.5) is 4.39 Å². The van der Waals surface area contributed by atoms with E-state index in [0.29, 0.717) is 4.90 Å². The molecule has 0 saturated carbocycles. The van der Waals surface area contributed by atoms with Gasteiger partial charge in [0.1, 0.15) is 5.82 Å². The second-order valence-electron chi connectivity index (χ2n) is 4.96. The van der Waals surface area contributed by atoms with Crippen molar-refractivity contribution in [3.63, 3.8) is 0 Å². The standard InChI is InChI=1S/C17H20FNS/c1-3-15(19)17(13-8-6-7-12(2)11-13)20-16-10-5-4-9-14(16)18/h4-11,15,17H,3,19H2,1-2H3. The fourth-order valence-electron chi connectivity index (χ4n) is 2.14. The van der Waals surface area contributed by atoms with Gasteiger partial charge in [-0.3, -0.25) is 0 Å². The summed E-state index contributed by atoms with van der Waals surface area (Å²) in [6.45, 7) is 4.13. The third-order valence-corrected chi connectivity index (χ3v) is 4.78. The van der Waals surface area contributed by atoms with Gasteiger partial charge in [0.2, 0.25) is 0 Å². The Morgan fingerprint density at radius 3 is 2.55 bits per heavy atom. The molecule has 2 N–H and O–H groups in total. The van der Waals surface area contributed by atoms with Crippen LogP contribution in [0.15, 0.2) is 53.4 Å². The summed E-state index contributed by atoms with van der Waals surface area (Å²) in [6, 6.07) is 15.2. The molecule has 0 amide bonds. The van der Waals surface area contributed by atoms with Crippen molar-refractivity contribution in [2.45, 2.75) is 36.5 Å². The summed E-state index contributed by atoms with van der Waals surface area (Å²) in [4.78, 5) is 0.655. The predicted octanol–water partition coefficient (Wildman–Crippen LogP) is 4.70. The third-order valence-electron chi connectivity index (χ3n) is 3.32. The number of aryl methyl sites for hydroxylation is 1. The zero-order valence-electron chi connectivity index (χ0n) is 11.8. The monoisotopic (exact) mass is 289 g/mol. The number of nitrogens with two attached hydrogens (primary N) is 1. The molecule has 2 rings (SSSR count). The van der Waals surface area contributed by atoms with Crippen LogP contribution in [0.2, 0.25) is 0 Å². The Hall–Kier alpha value is -1.32. The van der Waals surface area contributed by atoms with E-state index in [9.17, 15) is 4.39 Å². The molecule has 20 heavy (non-hydrogen) atoms. The Morgan fingerprint density at radius 1 is 1.15 bits per heavy atom. The fourth-order valence-corrected chi connectivity index (χ4v) is 3.40. The molecule has 2 aromatic rings. The smallest absolute Gasteiger partial charge is 0.136 e. The van der Waals surface area contributed by atoms with Gasteiger partial charge in [0.25, 0.3) is 0 Å². The first-order chi connectivity index (χ1) is 9.61. The van der Waals surface area contributed by atoms with Crippen molar-refractivity contribution in [3.8, 4) is 0 Å². The van der Waals surface area contributed by atoms with E-state index in [2.05, 4.69) is 32.0 Å². The molecule has 2 atom stereocenters. The maximum absolute atomic E-state index is 13.9. The lowest BCUT2D eigenvalue weighted by atomic mass is 10.0. The minimum atomic E-state index is -0.182. The molecule has 0 aliphatic heterocycles. The summed E-state index contributed by atoms with van der Waals surface area (Å²) in [5, 5.41) is 0.0665. The number of hydrogen-bond acceptors (Lipinski definition) is 2. The van der Waals surface area contributed by atoms with E-state index < -0.39 is 0 Å². The minimum Gasteiger partial charge on any atom is -0.326 e. The van der Waals surface area contributed by atoms with Gasteiger partial charge < -0.3 is 5.73 Å². The van der Waals surface area contributed by atoms with E-state index in [1.165, 1.54) is 23.4 Å². The first-order valence-corrected chi connectivity index (χ1v) is 7.73. The summed E-state index contributed by atoms with van der Waals surface area (Å²) in [5.74, 6) is -0.182. The van der Waals surface area contributed by atoms with Gasteiger partial charge in [0, 0.05) is 16.2 Å². The first-order valence-electron chi connectivity index (χ1n) is 6.85. The van der Waals surface area contributed by atoms with Gasteiger partial charge in [-0.15, -0.1) is 11.8 Å². The van der Waals surface area contributed by atoms with E-state index in [4.69, 9.17) is 5.73 Å². The van der Waals surface area contributed by atoms with Crippen LogP contribution in [-0.4, -0.2) is 6.04 Å². The normalized spacial score (nSPS) is 14.0. The van der Waals surface area contributed by atoms with Crippen LogP contribution in [-0.2, 0) is 0 Å². The average molecular weight is 289 g/mol. The Morgan fingerprint density at radius 2 is 1.90 bits per heavy atom. The van der Waals surface area contributed by atoms with Crippen LogP contribution in [0.5, 0.6) is 0 Å². The molecule has 0 aromatic heterocycles. The lowest BCUT2D eigenvalue weighted by molar-refractivity contribution is 0.597. The number of benzene rings is 2. The van der Waals surface area contributed by atoms with E-state index in [1.807, 2.05) is 18.2 Å². The van der Waals surface area contributed by atoms with E-state index in [1.54, 1.807) is 6.07 Å². The lowest BCUT2D eigenvalue weighted by Gasteiger charge is -2.23. The van der Waals surface area contributed by atoms with Crippen molar-refractivity contribution in [2.75, 3.05) is 0 Å². The largest absolute Gasteiger partial charge is 0.326 e. The summed E-state index contributed by atoms with van der Waals surface area (Å²) in [5.41, 5.74) is 8.61. The van der Waals surface area contributed by atoms with Crippen LogP contribution in [0.25, 0.3) is 0 Å². The summed E-state index contributed by atoms with van der Waals surface area (Å²) in [6.07, 6.45) is 0.861. The van der Waals surface area contributed by atoms with Crippen LogP contribution < -0.4 is 5.73 Å². The van der Waals surface area contributed by atoms with Crippen LogP contribution in [0, 0.1) is 12.7 Å². The molecule has 3 heteroatoms. The fraction of sp³-hybridized carbons (Fsp3) is 0.294. The van der Waals surface area contributed by atoms with Crippen molar-refractivity contribution in [3.05, 3.63) is 65.5 Å². The topological polar surface area (TPSA) is 26.0 Å².